The Hall–Kier alpha value is -2.63. The van der Waals surface area contributed by atoms with E-state index in [1.807, 2.05) is 32.9 Å². The average molecular weight is 399 g/mol. The van der Waals surface area contributed by atoms with Gasteiger partial charge < -0.3 is 5.11 Å². The van der Waals surface area contributed by atoms with Gasteiger partial charge in [-0.1, -0.05) is 62.3 Å². The van der Waals surface area contributed by atoms with Crippen molar-refractivity contribution in [1.82, 2.24) is 15.6 Å². The van der Waals surface area contributed by atoms with Crippen molar-refractivity contribution in [2.24, 2.45) is 5.10 Å². The molecular formula is C23H34N4O2. The monoisotopic (exact) mass is 398 g/mol. The second-order valence-corrected chi connectivity index (χ2v) is 10.6. The van der Waals surface area contributed by atoms with Crippen LogP contribution in [0.4, 0.5) is 0 Å². The number of benzene rings is 1. The Kier molecular flexibility index (Phi) is 5.98. The minimum absolute atomic E-state index is 0.118. The molecule has 0 saturated heterocycles. The normalized spacial score (nSPS) is 13.1. The SMILES string of the molecule is CC(C)(C)c1cc(C(=O)NN=Cc2cc(C(C)(C)C)c(O)c(C(C)(C)C)c2)n[nH]1. The van der Waals surface area contributed by atoms with Gasteiger partial charge in [0, 0.05) is 22.2 Å². The minimum Gasteiger partial charge on any atom is -0.507 e. The number of hydrazone groups is 1. The first kappa shape index (κ1) is 22.7. The molecule has 158 valence electrons. The molecule has 2 aromatic rings. The van der Waals surface area contributed by atoms with Crippen LogP contribution in [0.3, 0.4) is 0 Å². The van der Waals surface area contributed by atoms with Crippen molar-refractivity contribution in [3.63, 3.8) is 0 Å². The molecular weight excluding hydrogens is 364 g/mol. The molecule has 0 atom stereocenters. The molecule has 1 aromatic heterocycles. The summed E-state index contributed by atoms with van der Waals surface area (Å²) in [7, 11) is 0. The highest BCUT2D eigenvalue weighted by Gasteiger charge is 2.26. The van der Waals surface area contributed by atoms with E-state index < -0.39 is 0 Å². The third kappa shape index (κ3) is 5.46. The zero-order valence-electron chi connectivity index (χ0n) is 19.1. The van der Waals surface area contributed by atoms with E-state index in [-0.39, 0.29) is 22.2 Å². The lowest BCUT2D eigenvalue weighted by molar-refractivity contribution is 0.0950. The Morgan fingerprint density at radius 1 is 0.966 bits per heavy atom. The van der Waals surface area contributed by atoms with E-state index in [4.69, 9.17) is 0 Å². The van der Waals surface area contributed by atoms with Gasteiger partial charge in [-0.3, -0.25) is 9.89 Å². The molecule has 3 N–H and O–H groups in total. The summed E-state index contributed by atoms with van der Waals surface area (Å²) in [5, 5.41) is 21.9. The van der Waals surface area contributed by atoms with Crippen molar-refractivity contribution in [3.8, 4) is 5.75 Å². The number of aromatic amines is 1. The number of phenolic OH excluding ortho intramolecular Hbond substituents is 1. The summed E-state index contributed by atoms with van der Waals surface area (Å²) in [6.07, 6.45) is 1.60. The molecule has 0 spiro atoms. The van der Waals surface area contributed by atoms with Crippen LogP contribution in [0.2, 0.25) is 0 Å². The van der Waals surface area contributed by atoms with Crippen LogP contribution < -0.4 is 5.43 Å². The van der Waals surface area contributed by atoms with Crippen molar-refractivity contribution in [2.75, 3.05) is 0 Å². The summed E-state index contributed by atoms with van der Waals surface area (Å²) in [5.41, 5.74) is 5.65. The van der Waals surface area contributed by atoms with Gasteiger partial charge in [0.2, 0.25) is 0 Å². The topological polar surface area (TPSA) is 90.4 Å². The highest BCUT2D eigenvalue weighted by molar-refractivity contribution is 5.93. The van der Waals surface area contributed by atoms with Crippen LogP contribution in [-0.4, -0.2) is 27.4 Å². The Balaban J connectivity index is 2.28. The number of hydrogen-bond donors (Lipinski definition) is 3. The molecule has 0 aliphatic carbocycles. The molecule has 0 radical (unpaired) electrons. The maximum Gasteiger partial charge on any atom is 0.291 e. The Morgan fingerprint density at radius 2 is 1.48 bits per heavy atom. The van der Waals surface area contributed by atoms with Gasteiger partial charge >= 0.3 is 0 Å². The van der Waals surface area contributed by atoms with Crippen LogP contribution in [-0.2, 0) is 16.2 Å². The standard InChI is InChI=1S/C23H34N4O2/c1-21(2,3)15-10-14(11-16(19(15)28)22(4,5)6)13-24-27-20(29)17-12-18(26-25-17)23(7,8)9/h10-13,28H,1-9H3,(H,25,26)(H,27,29). The number of phenols is 1. The second kappa shape index (κ2) is 7.65. The fourth-order valence-corrected chi connectivity index (χ4v) is 2.92. The summed E-state index contributed by atoms with van der Waals surface area (Å²) in [6, 6.07) is 5.56. The number of amides is 1. The zero-order valence-corrected chi connectivity index (χ0v) is 19.1. The first-order chi connectivity index (χ1) is 13.1. The van der Waals surface area contributed by atoms with Crippen LogP contribution in [0.1, 0.15) is 95.2 Å². The fraction of sp³-hybridized carbons (Fsp3) is 0.522. The van der Waals surface area contributed by atoms with Crippen LogP contribution in [0.25, 0.3) is 0 Å². The molecule has 1 aromatic carbocycles. The number of rotatable bonds is 3. The fourth-order valence-electron chi connectivity index (χ4n) is 2.92. The lowest BCUT2D eigenvalue weighted by atomic mass is 9.78. The van der Waals surface area contributed by atoms with Gasteiger partial charge in [0.1, 0.15) is 5.75 Å². The number of nitrogens with zero attached hydrogens (tertiary/aromatic N) is 2. The number of H-pyrrole nitrogens is 1. The summed E-state index contributed by atoms with van der Waals surface area (Å²) in [6.45, 7) is 18.5. The van der Waals surface area contributed by atoms with Gasteiger partial charge in [-0.25, -0.2) is 5.43 Å². The highest BCUT2D eigenvalue weighted by atomic mass is 16.3. The first-order valence-corrected chi connectivity index (χ1v) is 9.88. The third-order valence-corrected chi connectivity index (χ3v) is 4.75. The number of hydrogen-bond acceptors (Lipinski definition) is 4. The second-order valence-electron chi connectivity index (χ2n) is 10.6. The Morgan fingerprint density at radius 3 is 1.90 bits per heavy atom. The first-order valence-electron chi connectivity index (χ1n) is 9.88. The van der Waals surface area contributed by atoms with Gasteiger partial charge in [0.15, 0.2) is 5.69 Å². The number of carbonyl (C=O) groups excluding carboxylic acids is 1. The van der Waals surface area contributed by atoms with Crippen LogP contribution >= 0.6 is 0 Å². The minimum atomic E-state index is -0.376. The molecule has 2 rings (SSSR count). The highest BCUT2D eigenvalue weighted by Crippen LogP contribution is 2.39. The summed E-state index contributed by atoms with van der Waals surface area (Å²) in [4.78, 5) is 12.3. The number of aromatic hydroxyl groups is 1. The van der Waals surface area contributed by atoms with Crippen molar-refractivity contribution in [3.05, 3.63) is 46.3 Å². The largest absolute Gasteiger partial charge is 0.507 e. The predicted octanol–water partition coefficient (Wildman–Crippen LogP) is 4.77. The Labute approximate surface area is 173 Å². The quantitative estimate of drug-likeness (QED) is 0.514. The molecule has 6 heteroatoms. The maximum absolute atomic E-state index is 12.3. The van der Waals surface area contributed by atoms with E-state index in [2.05, 4.69) is 62.3 Å². The number of nitrogens with one attached hydrogen (secondary N) is 2. The lowest BCUT2D eigenvalue weighted by Gasteiger charge is -2.27. The molecule has 0 fully saturated rings. The van der Waals surface area contributed by atoms with E-state index in [0.29, 0.717) is 11.4 Å². The van der Waals surface area contributed by atoms with E-state index in [1.54, 1.807) is 12.3 Å². The van der Waals surface area contributed by atoms with Gasteiger partial charge in [-0.15, -0.1) is 0 Å². The molecule has 29 heavy (non-hydrogen) atoms. The van der Waals surface area contributed by atoms with Crippen molar-refractivity contribution in [2.45, 2.75) is 78.6 Å². The lowest BCUT2D eigenvalue weighted by Crippen LogP contribution is -2.19. The summed E-state index contributed by atoms with van der Waals surface area (Å²) >= 11 is 0. The van der Waals surface area contributed by atoms with E-state index in [9.17, 15) is 9.90 Å². The number of carbonyl (C=O) groups is 1. The molecule has 1 amide bonds. The van der Waals surface area contributed by atoms with E-state index in [0.717, 1.165) is 22.4 Å². The molecule has 0 saturated carbocycles. The summed E-state index contributed by atoms with van der Waals surface area (Å²) in [5.74, 6) is -0.0590. The predicted molar refractivity (Wildman–Crippen MR) is 118 cm³/mol. The van der Waals surface area contributed by atoms with E-state index >= 15 is 0 Å². The van der Waals surface area contributed by atoms with Gasteiger partial charge in [0.05, 0.1) is 6.21 Å². The van der Waals surface area contributed by atoms with E-state index in [1.165, 1.54) is 0 Å². The molecule has 0 aliphatic heterocycles. The zero-order chi connectivity index (χ0) is 22.2. The third-order valence-electron chi connectivity index (χ3n) is 4.75. The smallest absolute Gasteiger partial charge is 0.291 e. The van der Waals surface area contributed by atoms with Gasteiger partial charge in [-0.05, 0) is 34.6 Å². The maximum atomic E-state index is 12.3. The average Bonchev–Trinajstić information content (AvgIpc) is 3.04. The van der Waals surface area contributed by atoms with Crippen molar-refractivity contribution in [1.29, 1.82) is 0 Å². The Bertz CT molecular complexity index is 885. The molecule has 0 aliphatic rings. The van der Waals surface area contributed by atoms with Crippen molar-refractivity contribution < 1.29 is 9.90 Å². The summed E-state index contributed by atoms with van der Waals surface area (Å²) < 4.78 is 0. The van der Waals surface area contributed by atoms with Crippen LogP contribution in [0, 0.1) is 0 Å². The van der Waals surface area contributed by atoms with Gasteiger partial charge in [-0.2, -0.15) is 10.2 Å². The molecule has 0 unspecified atom stereocenters. The molecule has 0 bridgehead atoms. The molecule has 6 nitrogen and oxygen atoms in total. The van der Waals surface area contributed by atoms with Gasteiger partial charge in [0.25, 0.3) is 5.91 Å². The van der Waals surface area contributed by atoms with Crippen LogP contribution in [0.5, 0.6) is 5.75 Å². The van der Waals surface area contributed by atoms with Crippen LogP contribution in [0.15, 0.2) is 23.3 Å². The van der Waals surface area contributed by atoms with Crippen molar-refractivity contribution >= 4 is 12.1 Å². The number of aromatic nitrogens is 2. The molecule has 1 heterocycles.